The van der Waals surface area contributed by atoms with Crippen molar-refractivity contribution in [1.29, 1.82) is 0 Å². The first-order valence-corrected chi connectivity index (χ1v) is 4.07. The zero-order valence-corrected chi connectivity index (χ0v) is 9.39. The van der Waals surface area contributed by atoms with E-state index in [4.69, 9.17) is 0 Å². The fourth-order valence-electron chi connectivity index (χ4n) is 0.951. The molecule has 1 heterocycles. The summed E-state index contributed by atoms with van der Waals surface area (Å²) in [4.78, 5) is 12.2. The van der Waals surface area contributed by atoms with Crippen LogP contribution in [0.1, 0.15) is 6.42 Å². The van der Waals surface area contributed by atoms with Crippen molar-refractivity contribution in [3.8, 4) is 0 Å². The van der Waals surface area contributed by atoms with E-state index in [1.165, 1.54) is 4.90 Å². The van der Waals surface area contributed by atoms with Gasteiger partial charge in [-0.05, 0) is 11.1 Å². The van der Waals surface area contributed by atoms with Crippen LogP contribution in [0.4, 0.5) is 0 Å². The molecule has 0 bridgehead atoms. The summed E-state index contributed by atoms with van der Waals surface area (Å²) >= 11 is -2.09. The predicted molar refractivity (Wildman–Crippen MR) is 35.0 cm³/mol. The minimum absolute atomic E-state index is 0. The Labute approximate surface area is 89.9 Å². The Balaban J connectivity index is 0.000001000. The molecule has 1 saturated heterocycles. The third-order valence-electron chi connectivity index (χ3n) is 1.58. The number of hydrogen-bond acceptors (Lipinski definition) is 3. The Hall–Kier alpha value is 0.580. The molecule has 1 rings (SSSR count). The van der Waals surface area contributed by atoms with E-state index in [-0.39, 0.29) is 41.9 Å². The molecule has 1 fully saturated rings. The van der Waals surface area contributed by atoms with Gasteiger partial charge in [-0.3, -0.25) is 9.00 Å². The predicted octanol–water partition coefficient (Wildman–Crippen LogP) is -3.90. The van der Waals surface area contributed by atoms with Gasteiger partial charge in [-0.2, -0.15) is 0 Å². The first kappa shape index (κ1) is 11.6. The van der Waals surface area contributed by atoms with Crippen LogP contribution in [-0.2, 0) is 15.9 Å². The van der Waals surface area contributed by atoms with E-state index < -0.39 is 16.3 Å². The third-order valence-corrected chi connectivity index (χ3v) is 2.44. The molecule has 11 heavy (non-hydrogen) atoms. The molecule has 0 aliphatic carbocycles. The van der Waals surface area contributed by atoms with Gasteiger partial charge in [0.15, 0.2) is 0 Å². The van der Waals surface area contributed by atoms with Gasteiger partial charge in [-0.15, -0.1) is 0 Å². The van der Waals surface area contributed by atoms with Gasteiger partial charge < -0.3 is 9.45 Å². The summed E-state index contributed by atoms with van der Waals surface area (Å²) in [5, 5.41) is -0.488. The fraction of sp³-hybridized carbons (Fsp3) is 0.800. The fourth-order valence-corrected chi connectivity index (χ4v) is 1.58. The summed E-state index contributed by atoms with van der Waals surface area (Å²) < 4.78 is 20.6. The second kappa shape index (κ2) is 4.57. The van der Waals surface area contributed by atoms with E-state index >= 15 is 0 Å². The summed E-state index contributed by atoms with van der Waals surface area (Å²) in [6.45, 7) is 0.342. The van der Waals surface area contributed by atoms with Gasteiger partial charge in [0.25, 0.3) is 0 Å². The first-order chi connectivity index (χ1) is 4.61. The molecule has 1 amide bonds. The number of nitrogens with zero attached hydrogens (tertiary/aromatic N) is 1. The molecule has 0 N–H and O–H groups in total. The summed E-state index contributed by atoms with van der Waals surface area (Å²) in [7, 11) is 1.61. The third kappa shape index (κ3) is 2.83. The normalized spacial score (nSPS) is 26.5. The van der Waals surface area contributed by atoms with Crippen molar-refractivity contribution in [2.45, 2.75) is 11.7 Å². The molecule has 2 atom stereocenters. The van der Waals surface area contributed by atoms with E-state index in [0.29, 0.717) is 6.54 Å². The zero-order chi connectivity index (χ0) is 7.72. The molecule has 1 aliphatic rings. The minimum atomic E-state index is -2.09. The average Bonchev–Trinajstić information content (AvgIpc) is 2.13. The van der Waals surface area contributed by atoms with Crippen LogP contribution in [-0.4, -0.2) is 38.4 Å². The second-order valence-electron chi connectivity index (χ2n) is 2.36. The zero-order valence-electron chi connectivity index (χ0n) is 6.57. The molecule has 2 unspecified atom stereocenters. The molecule has 4 nitrogen and oxygen atoms in total. The van der Waals surface area contributed by atoms with Crippen LogP contribution in [0.25, 0.3) is 0 Å². The number of carbonyl (C=O) groups is 1. The maximum Gasteiger partial charge on any atom is 1.00 e. The van der Waals surface area contributed by atoms with E-state index in [0.717, 1.165) is 0 Å². The summed E-state index contributed by atoms with van der Waals surface area (Å²) in [5.74, 6) is -0.0887. The molecule has 0 aromatic rings. The number of amides is 1. The van der Waals surface area contributed by atoms with Crippen LogP contribution in [0, 0.1) is 0 Å². The molecule has 0 aromatic heterocycles. The maximum atomic E-state index is 10.7. The molecular weight excluding hydrogens is 177 g/mol. The van der Waals surface area contributed by atoms with Crippen LogP contribution in [0.2, 0.25) is 0 Å². The van der Waals surface area contributed by atoms with Gasteiger partial charge in [-0.1, -0.05) is 0 Å². The average molecular weight is 185 g/mol. The Kier molecular flexibility index (Phi) is 4.81. The van der Waals surface area contributed by atoms with Crippen LogP contribution in [0.15, 0.2) is 0 Å². The largest absolute Gasteiger partial charge is 1.00 e. The standard InChI is InChI=1S/C5H9NO3S.Na/c1-6-3-4(10(8)9)2-5(6)7;/h4H,2-3H2,1H3,(H,8,9);/q;+1/p-1. The van der Waals surface area contributed by atoms with Crippen molar-refractivity contribution in [3.63, 3.8) is 0 Å². The maximum absolute atomic E-state index is 10.7. The number of likely N-dealkylation sites (tertiary alicyclic amines) is 1. The molecule has 0 aromatic carbocycles. The number of rotatable bonds is 1. The topological polar surface area (TPSA) is 60.4 Å². The van der Waals surface area contributed by atoms with E-state index in [1.54, 1.807) is 7.05 Å². The first-order valence-electron chi connectivity index (χ1n) is 2.93. The Bertz CT molecular complexity index is 187. The van der Waals surface area contributed by atoms with E-state index in [9.17, 15) is 13.6 Å². The number of carbonyl (C=O) groups excluding carboxylic acids is 1. The molecular formula is C5H8NNaO3S. The minimum Gasteiger partial charge on any atom is -0.772 e. The quantitative estimate of drug-likeness (QED) is 0.310. The molecule has 0 saturated carbocycles. The molecule has 0 spiro atoms. The number of hydrogen-bond donors (Lipinski definition) is 0. The summed E-state index contributed by atoms with van der Waals surface area (Å²) in [6.07, 6.45) is 0.145. The smallest absolute Gasteiger partial charge is 0.772 e. The summed E-state index contributed by atoms with van der Waals surface area (Å²) in [5.41, 5.74) is 0. The van der Waals surface area contributed by atoms with Gasteiger partial charge in [0.1, 0.15) is 0 Å². The monoisotopic (exact) mass is 185 g/mol. The Morgan fingerprint density at radius 2 is 2.27 bits per heavy atom. The Morgan fingerprint density at radius 1 is 1.73 bits per heavy atom. The van der Waals surface area contributed by atoms with Crippen molar-refractivity contribution >= 4 is 17.0 Å². The van der Waals surface area contributed by atoms with Crippen molar-refractivity contribution in [2.75, 3.05) is 13.6 Å². The van der Waals surface area contributed by atoms with Crippen LogP contribution < -0.4 is 29.6 Å². The van der Waals surface area contributed by atoms with Gasteiger partial charge in [-0.25, -0.2) is 0 Å². The van der Waals surface area contributed by atoms with Crippen LogP contribution in [0.5, 0.6) is 0 Å². The van der Waals surface area contributed by atoms with Crippen molar-refractivity contribution < 1.29 is 43.1 Å². The Morgan fingerprint density at radius 3 is 2.45 bits per heavy atom. The van der Waals surface area contributed by atoms with E-state index in [1.807, 2.05) is 0 Å². The van der Waals surface area contributed by atoms with Crippen LogP contribution >= 0.6 is 0 Å². The van der Waals surface area contributed by atoms with Crippen molar-refractivity contribution in [3.05, 3.63) is 0 Å². The molecule has 6 heteroatoms. The van der Waals surface area contributed by atoms with E-state index in [2.05, 4.69) is 0 Å². The van der Waals surface area contributed by atoms with Crippen molar-refractivity contribution in [2.24, 2.45) is 0 Å². The molecule has 58 valence electrons. The van der Waals surface area contributed by atoms with Gasteiger partial charge in [0.2, 0.25) is 5.91 Å². The van der Waals surface area contributed by atoms with Crippen molar-refractivity contribution in [1.82, 2.24) is 4.90 Å². The SMILES string of the molecule is CN1CC(S(=O)[O-])CC1=O.[Na+]. The molecule has 1 aliphatic heterocycles. The molecule has 0 radical (unpaired) electrons. The van der Waals surface area contributed by atoms with Gasteiger partial charge >= 0.3 is 29.6 Å². The van der Waals surface area contributed by atoms with Crippen LogP contribution in [0.3, 0.4) is 0 Å². The summed E-state index contributed by atoms with van der Waals surface area (Å²) in [6, 6.07) is 0. The van der Waals surface area contributed by atoms with Gasteiger partial charge in [0.05, 0.1) is 0 Å². The van der Waals surface area contributed by atoms with Gasteiger partial charge in [0, 0.05) is 25.3 Å². The second-order valence-corrected chi connectivity index (χ2v) is 3.55.